The molecular formula is C47H44N4O6. The number of hydrogen-bond acceptors (Lipinski definition) is 7. The summed E-state index contributed by atoms with van der Waals surface area (Å²) in [4.78, 5) is 91.1. The van der Waals surface area contributed by atoms with Crippen LogP contribution in [-0.4, -0.2) is 60.0 Å². The predicted molar refractivity (Wildman–Crippen MR) is 221 cm³/mol. The predicted octanol–water partition coefficient (Wildman–Crippen LogP) is 9.01. The number of hydrogen-bond donors (Lipinski definition) is 0. The van der Waals surface area contributed by atoms with Crippen LogP contribution in [0.1, 0.15) is 132 Å². The zero-order valence-corrected chi connectivity index (χ0v) is 32.7. The standard InChI is InChI=1S/C47H44N4O6/c1-5-7-12-28(6-2)25-49-42(52)32-15-17-34-41-35(18-16-33(40(32)41)43(49)53)47(57)51(46(34)56)38-24-26(3)37(23-27(38)4)50-44(54)30-14-11-13-29-36(48-21-9-8-10-22-48)20-19-31(39(29)30)45(50)55/h11,13-20,23-24,28H,5-10,12,21-22,25H2,1-4H3. The van der Waals surface area contributed by atoms with Gasteiger partial charge in [0, 0.05) is 80.2 Å². The monoisotopic (exact) mass is 760 g/mol. The van der Waals surface area contributed by atoms with Gasteiger partial charge in [0.15, 0.2) is 0 Å². The molecule has 4 heterocycles. The lowest BCUT2D eigenvalue weighted by molar-refractivity contribution is 0.0578. The highest BCUT2D eigenvalue weighted by molar-refractivity contribution is 6.40. The Balaban J connectivity index is 1.06. The minimum absolute atomic E-state index is 0.177. The van der Waals surface area contributed by atoms with Crippen molar-refractivity contribution >= 4 is 74.1 Å². The second kappa shape index (κ2) is 13.8. The van der Waals surface area contributed by atoms with E-state index in [9.17, 15) is 28.8 Å². The topological polar surface area (TPSA) is 115 Å². The molecule has 57 heavy (non-hydrogen) atoms. The SMILES string of the molecule is CCCCC(CC)CN1C(=O)c2ccc3c4c(ccc(c24)C1=O)C(=O)N(c1cc(C)c(N2C(=O)c4cccc5c(N6CCCCC6)ccc(c45)C2=O)cc1C)C3=O. The first kappa shape index (κ1) is 36.5. The van der Waals surface area contributed by atoms with E-state index in [0.717, 1.165) is 67.6 Å². The molecule has 0 spiro atoms. The summed E-state index contributed by atoms with van der Waals surface area (Å²) in [6.07, 6.45) is 7.17. The molecule has 5 aromatic rings. The van der Waals surface area contributed by atoms with E-state index in [1.165, 1.54) is 16.2 Å². The molecule has 1 atom stereocenters. The fourth-order valence-electron chi connectivity index (χ4n) is 9.46. The van der Waals surface area contributed by atoms with E-state index in [2.05, 4.69) is 18.7 Å². The van der Waals surface area contributed by atoms with Crippen molar-refractivity contribution in [1.29, 1.82) is 0 Å². The van der Waals surface area contributed by atoms with Crippen LogP contribution in [0.3, 0.4) is 0 Å². The number of amides is 6. The molecule has 1 fully saturated rings. The van der Waals surface area contributed by atoms with Crippen molar-refractivity contribution in [3.63, 3.8) is 0 Å². The van der Waals surface area contributed by atoms with Gasteiger partial charge in [-0.3, -0.25) is 33.7 Å². The van der Waals surface area contributed by atoms with Crippen molar-refractivity contribution in [2.75, 3.05) is 34.3 Å². The summed E-state index contributed by atoms with van der Waals surface area (Å²) in [6, 6.07) is 19.1. The molecule has 0 aliphatic carbocycles. The molecule has 0 aromatic heterocycles. The molecule has 5 aromatic carbocycles. The number of piperidine rings is 1. The zero-order chi connectivity index (χ0) is 39.9. The third-order valence-electron chi connectivity index (χ3n) is 12.5. The van der Waals surface area contributed by atoms with Gasteiger partial charge in [0.25, 0.3) is 35.4 Å². The molecule has 0 bridgehead atoms. The summed E-state index contributed by atoms with van der Waals surface area (Å²) in [7, 11) is 0. The highest BCUT2D eigenvalue weighted by atomic mass is 16.2. The minimum atomic E-state index is -0.588. The smallest absolute Gasteiger partial charge is 0.265 e. The van der Waals surface area contributed by atoms with Gasteiger partial charge in [-0.15, -0.1) is 0 Å². The summed E-state index contributed by atoms with van der Waals surface area (Å²) in [5.41, 5.74) is 4.66. The molecule has 10 heteroatoms. The van der Waals surface area contributed by atoms with Gasteiger partial charge in [-0.25, -0.2) is 9.80 Å². The number of nitrogens with zero attached hydrogens (tertiary/aromatic N) is 4. The van der Waals surface area contributed by atoms with E-state index in [-0.39, 0.29) is 17.0 Å². The summed E-state index contributed by atoms with van der Waals surface area (Å²) in [5, 5.41) is 2.19. The van der Waals surface area contributed by atoms with Crippen LogP contribution >= 0.6 is 0 Å². The lowest BCUT2D eigenvalue weighted by Crippen LogP contribution is -2.45. The summed E-state index contributed by atoms with van der Waals surface area (Å²) in [6.45, 7) is 9.84. The van der Waals surface area contributed by atoms with Gasteiger partial charge in [0.2, 0.25) is 0 Å². The van der Waals surface area contributed by atoms with Crippen LogP contribution < -0.4 is 14.7 Å². The first-order valence-corrected chi connectivity index (χ1v) is 20.2. The fourth-order valence-corrected chi connectivity index (χ4v) is 9.46. The average Bonchev–Trinajstić information content (AvgIpc) is 3.22. The number of carbonyl (C=O) groups excluding carboxylic acids is 6. The van der Waals surface area contributed by atoms with Gasteiger partial charge in [-0.05, 0) is 111 Å². The Morgan fingerprint density at radius 1 is 0.544 bits per heavy atom. The molecule has 9 rings (SSSR count). The van der Waals surface area contributed by atoms with Gasteiger partial charge >= 0.3 is 0 Å². The number of benzene rings is 5. The van der Waals surface area contributed by atoms with E-state index in [0.29, 0.717) is 67.5 Å². The molecule has 4 aliphatic heterocycles. The molecule has 0 saturated carbocycles. The normalized spacial score (nSPS) is 17.1. The maximum absolute atomic E-state index is 14.4. The molecule has 1 saturated heterocycles. The molecule has 10 nitrogen and oxygen atoms in total. The lowest BCUT2D eigenvalue weighted by atomic mass is 9.85. The van der Waals surface area contributed by atoms with E-state index < -0.39 is 35.4 Å². The van der Waals surface area contributed by atoms with E-state index in [4.69, 9.17) is 0 Å². The maximum atomic E-state index is 14.4. The van der Waals surface area contributed by atoms with Crippen molar-refractivity contribution in [2.45, 2.75) is 72.6 Å². The van der Waals surface area contributed by atoms with Crippen molar-refractivity contribution in [3.05, 3.63) is 111 Å². The highest BCUT2D eigenvalue weighted by Gasteiger charge is 2.42. The second-order valence-electron chi connectivity index (χ2n) is 15.9. The van der Waals surface area contributed by atoms with Crippen LogP contribution in [0.25, 0.3) is 21.5 Å². The first-order valence-electron chi connectivity index (χ1n) is 20.2. The molecule has 6 amide bonds. The molecule has 0 radical (unpaired) electrons. The van der Waals surface area contributed by atoms with Crippen molar-refractivity contribution in [2.24, 2.45) is 5.92 Å². The number of imide groups is 3. The van der Waals surface area contributed by atoms with E-state index in [1.54, 1.807) is 56.3 Å². The average molecular weight is 761 g/mol. The zero-order valence-electron chi connectivity index (χ0n) is 32.7. The molecular weight excluding hydrogens is 717 g/mol. The Kier molecular flexibility index (Phi) is 8.83. The molecule has 4 aliphatic rings. The van der Waals surface area contributed by atoms with Crippen LogP contribution in [-0.2, 0) is 0 Å². The van der Waals surface area contributed by atoms with Crippen LogP contribution in [0.2, 0.25) is 0 Å². The Hall–Kier alpha value is -6.16. The Morgan fingerprint density at radius 2 is 1.02 bits per heavy atom. The summed E-state index contributed by atoms with van der Waals surface area (Å²) < 4.78 is 0. The van der Waals surface area contributed by atoms with Crippen LogP contribution in [0.15, 0.2) is 66.7 Å². The summed E-state index contributed by atoms with van der Waals surface area (Å²) in [5.74, 6) is -2.70. The third-order valence-corrected chi connectivity index (χ3v) is 12.5. The van der Waals surface area contributed by atoms with E-state index >= 15 is 0 Å². The maximum Gasteiger partial charge on any atom is 0.265 e. The molecule has 0 N–H and O–H groups in total. The molecule has 288 valence electrons. The largest absolute Gasteiger partial charge is 0.371 e. The second-order valence-corrected chi connectivity index (χ2v) is 15.9. The third kappa shape index (κ3) is 5.44. The number of rotatable bonds is 9. The quantitative estimate of drug-likeness (QED) is 0.138. The fraction of sp³-hybridized carbons (Fsp3) is 0.319. The summed E-state index contributed by atoms with van der Waals surface area (Å²) >= 11 is 0. The van der Waals surface area contributed by atoms with Gasteiger partial charge < -0.3 is 4.90 Å². The van der Waals surface area contributed by atoms with Crippen molar-refractivity contribution in [1.82, 2.24) is 4.90 Å². The van der Waals surface area contributed by atoms with Gasteiger partial charge in [0.1, 0.15) is 0 Å². The van der Waals surface area contributed by atoms with E-state index in [1.807, 2.05) is 24.3 Å². The van der Waals surface area contributed by atoms with Crippen LogP contribution in [0.5, 0.6) is 0 Å². The number of anilines is 3. The Morgan fingerprint density at radius 3 is 1.53 bits per heavy atom. The van der Waals surface area contributed by atoms with Gasteiger partial charge in [0.05, 0.1) is 11.4 Å². The van der Waals surface area contributed by atoms with Crippen LogP contribution in [0.4, 0.5) is 17.1 Å². The van der Waals surface area contributed by atoms with Gasteiger partial charge in [-0.2, -0.15) is 0 Å². The first-order chi connectivity index (χ1) is 27.5. The number of aryl methyl sites for hydroxylation is 2. The van der Waals surface area contributed by atoms with Crippen LogP contribution in [0, 0.1) is 19.8 Å². The Bertz CT molecular complexity index is 2550. The number of carbonyl (C=O) groups is 6. The van der Waals surface area contributed by atoms with Crippen molar-refractivity contribution in [3.8, 4) is 0 Å². The number of unbranched alkanes of at least 4 members (excludes halogenated alkanes) is 1. The molecule has 1 unspecified atom stereocenters. The van der Waals surface area contributed by atoms with Gasteiger partial charge in [-0.1, -0.05) is 45.2 Å². The lowest BCUT2D eigenvalue weighted by Gasteiger charge is -2.34. The highest BCUT2D eigenvalue weighted by Crippen LogP contribution is 2.43. The Labute approximate surface area is 331 Å². The minimum Gasteiger partial charge on any atom is -0.371 e. The van der Waals surface area contributed by atoms with Crippen molar-refractivity contribution < 1.29 is 28.8 Å².